The fraction of sp³-hybridized carbons (Fsp3) is 0.167. The Balaban J connectivity index is 1.67. The van der Waals surface area contributed by atoms with Crippen molar-refractivity contribution in [1.82, 2.24) is 5.43 Å². The van der Waals surface area contributed by atoms with Gasteiger partial charge >= 0.3 is 0 Å². The van der Waals surface area contributed by atoms with Crippen molar-refractivity contribution < 1.29 is 4.79 Å². The summed E-state index contributed by atoms with van der Waals surface area (Å²) in [5, 5.41) is 9.46. The molecule has 0 saturated carbocycles. The van der Waals surface area contributed by atoms with Crippen LogP contribution in [0.2, 0.25) is 10.0 Å². The standard InChI is InChI=1S/C18H16Cl2N4O/c1-11-8-17(25)23-24-18(11)12-3-6-15(7-4-12)22-21-10-13-2-5-14(19)9-16(13)20/h2-7,9-11,22H,8H2,1H3,(H,23,25). The molecule has 1 aliphatic heterocycles. The first-order valence-corrected chi connectivity index (χ1v) is 8.49. The molecule has 1 heterocycles. The van der Waals surface area contributed by atoms with Gasteiger partial charge in [-0.2, -0.15) is 10.2 Å². The van der Waals surface area contributed by atoms with E-state index in [4.69, 9.17) is 23.2 Å². The van der Waals surface area contributed by atoms with Crippen LogP contribution in [0.3, 0.4) is 0 Å². The molecule has 3 rings (SSSR count). The summed E-state index contributed by atoms with van der Waals surface area (Å²) in [4.78, 5) is 11.3. The van der Waals surface area contributed by atoms with E-state index < -0.39 is 0 Å². The molecule has 7 heteroatoms. The van der Waals surface area contributed by atoms with Crippen LogP contribution in [0.4, 0.5) is 5.69 Å². The number of halogens is 2. The van der Waals surface area contributed by atoms with Crippen LogP contribution in [0.5, 0.6) is 0 Å². The van der Waals surface area contributed by atoms with Gasteiger partial charge in [-0.3, -0.25) is 10.2 Å². The molecule has 2 aromatic carbocycles. The molecule has 0 bridgehead atoms. The number of hydrazone groups is 2. The SMILES string of the molecule is CC1CC(=O)NN=C1c1ccc(NN=Cc2ccc(Cl)cc2Cl)cc1. The molecule has 0 fully saturated rings. The number of amides is 1. The highest BCUT2D eigenvalue weighted by Gasteiger charge is 2.21. The van der Waals surface area contributed by atoms with Crippen molar-refractivity contribution >= 4 is 46.7 Å². The Morgan fingerprint density at radius 3 is 2.68 bits per heavy atom. The minimum absolute atomic E-state index is 0.0512. The fourth-order valence-electron chi connectivity index (χ4n) is 2.50. The van der Waals surface area contributed by atoms with E-state index in [0.717, 1.165) is 22.5 Å². The number of hydrogen-bond acceptors (Lipinski definition) is 4. The third kappa shape index (κ3) is 4.38. The number of benzene rings is 2. The number of anilines is 1. The zero-order valence-electron chi connectivity index (χ0n) is 13.5. The van der Waals surface area contributed by atoms with Crippen molar-refractivity contribution in [2.75, 3.05) is 5.43 Å². The van der Waals surface area contributed by atoms with Gasteiger partial charge < -0.3 is 0 Å². The lowest BCUT2D eigenvalue weighted by molar-refractivity contribution is -0.121. The van der Waals surface area contributed by atoms with Crippen LogP contribution in [0.1, 0.15) is 24.5 Å². The summed E-state index contributed by atoms with van der Waals surface area (Å²) in [7, 11) is 0. The van der Waals surface area contributed by atoms with Crippen LogP contribution in [-0.4, -0.2) is 17.8 Å². The second-order valence-corrected chi connectivity index (χ2v) is 6.59. The first kappa shape index (κ1) is 17.5. The summed E-state index contributed by atoms with van der Waals surface area (Å²) in [6, 6.07) is 12.9. The molecule has 1 aliphatic rings. The summed E-state index contributed by atoms with van der Waals surface area (Å²) in [6.07, 6.45) is 2.08. The second kappa shape index (κ2) is 7.68. The van der Waals surface area contributed by atoms with Crippen LogP contribution in [0, 0.1) is 5.92 Å². The zero-order valence-corrected chi connectivity index (χ0v) is 15.0. The lowest BCUT2D eigenvalue weighted by Gasteiger charge is -2.19. The number of nitrogens with zero attached hydrogens (tertiary/aromatic N) is 2. The Bertz CT molecular complexity index is 847. The van der Waals surface area contributed by atoms with Gasteiger partial charge in [-0.15, -0.1) is 0 Å². The molecule has 128 valence electrons. The number of carbonyl (C=O) groups excluding carboxylic acids is 1. The van der Waals surface area contributed by atoms with E-state index in [0.29, 0.717) is 16.5 Å². The predicted molar refractivity (Wildman–Crippen MR) is 103 cm³/mol. The van der Waals surface area contributed by atoms with E-state index in [2.05, 4.69) is 21.1 Å². The van der Waals surface area contributed by atoms with Gasteiger partial charge in [0.15, 0.2) is 0 Å². The topological polar surface area (TPSA) is 65.8 Å². The molecular formula is C18H16Cl2N4O. The van der Waals surface area contributed by atoms with Gasteiger partial charge in [0.25, 0.3) is 0 Å². The van der Waals surface area contributed by atoms with Crippen molar-refractivity contribution in [3.05, 3.63) is 63.6 Å². The van der Waals surface area contributed by atoms with Crippen LogP contribution >= 0.6 is 23.2 Å². The molecule has 0 aliphatic carbocycles. The summed E-state index contributed by atoms with van der Waals surface area (Å²) < 4.78 is 0. The number of hydrogen-bond donors (Lipinski definition) is 2. The van der Waals surface area contributed by atoms with Crippen LogP contribution in [0.25, 0.3) is 0 Å². The molecule has 1 amide bonds. The minimum Gasteiger partial charge on any atom is -0.279 e. The van der Waals surface area contributed by atoms with Gasteiger partial charge in [-0.1, -0.05) is 48.3 Å². The molecule has 2 aromatic rings. The normalized spacial score (nSPS) is 17.3. The molecule has 0 aromatic heterocycles. The fourth-order valence-corrected chi connectivity index (χ4v) is 2.96. The van der Waals surface area contributed by atoms with E-state index >= 15 is 0 Å². The monoisotopic (exact) mass is 374 g/mol. The van der Waals surface area contributed by atoms with Crippen molar-refractivity contribution in [3.8, 4) is 0 Å². The summed E-state index contributed by atoms with van der Waals surface area (Å²) in [5.41, 5.74) is 8.94. The summed E-state index contributed by atoms with van der Waals surface area (Å²) >= 11 is 12.0. The largest absolute Gasteiger partial charge is 0.279 e. The molecule has 5 nitrogen and oxygen atoms in total. The molecule has 1 unspecified atom stereocenters. The molecule has 0 radical (unpaired) electrons. The second-order valence-electron chi connectivity index (χ2n) is 5.75. The maximum atomic E-state index is 11.3. The Hall–Kier alpha value is -2.37. The lowest BCUT2D eigenvalue weighted by Crippen LogP contribution is -2.31. The van der Waals surface area contributed by atoms with Gasteiger partial charge in [0.1, 0.15) is 0 Å². The van der Waals surface area contributed by atoms with Gasteiger partial charge in [0, 0.05) is 22.9 Å². The lowest BCUT2D eigenvalue weighted by atomic mass is 9.94. The maximum Gasteiger partial charge on any atom is 0.240 e. The van der Waals surface area contributed by atoms with E-state index in [9.17, 15) is 4.79 Å². The average Bonchev–Trinajstić information content (AvgIpc) is 2.58. The van der Waals surface area contributed by atoms with E-state index in [1.807, 2.05) is 31.2 Å². The Kier molecular flexibility index (Phi) is 5.36. The molecule has 0 spiro atoms. The van der Waals surface area contributed by atoms with Crippen molar-refractivity contribution in [3.63, 3.8) is 0 Å². The highest BCUT2D eigenvalue weighted by Crippen LogP contribution is 2.20. The van der Waals surface area contributed by atoms with Crippen LogP contribution < -0.4 is 10.9 Å². The molecule has 2 N–H and O–H groups in total. The third-order valence-corrected chi connectivity index (χ3v) is 4.36. The Morgan fingerprint density at radius 2 is 2.00 bits per heavy atom. The van der Waals surface area contributed by atoms with Crippen molar-refractivity contribution in [2.24, 2.45) is 16.1 Å². The van der Waals surface area contributed by atoms with Crippen LogP contribution in [-0.2, 0) is 4.79 Å². The maximum absolute atomic E-state index is 11.3. The molecule has 0 saturated heterocycles. The van der Waals surface area contributed by atoms with E-state index in [-0.39, 0.29) is 11.8 Å². The first-order chi connectivity index (χ1) is 12.0. The van der Waals surface area contributed by atoms with E-state index in [1.165, 1.54) is 0 Å². The van der Waals surface area contributed by atoms with Crippen LogP contribution in [0.15, 0.2) is 52.7 Å². The zero-order chi connectivity index (χ0) is 17.8. The van der Waals surface area contributed by atoms with Crippen molar-refractivity contribution in [2.45, 2.75) is 13.3 Å². The van der Waals surface area contributed by atoms with Gasteiger partial charge in [-0.25, -0.2) is 5.43 Å². The average molecular weight is 375 g/mol. The quantitative estimate of drug-likeness (QED) is 0.618. The summed E-state index contributed by atoms with van der Waals surface area (Å²) in [6.45, 7) is 1.99. The Labute approximate surface area is 155 Å². The smallest absolute Gasteiger partial charge is 0.240 e. The highest BCUT2D eigenvalue weighted by atomic mass is 35.5. The molecule has 1 atom stereocenters. The Morgan fingerprint density at radius 1 is 1.24 bits per heavy atom. The van der Waals surface area contributed by atoms with Gasteiger partial charge in [-0.05, 0) is 29.8 Å². The number of rotatable bonds is 4. The molecular weight excluding hydrogens is 359 g/mol. The first-order valence-electron chi connectivity index (χ1n) is 7.74. The predicted octanol–water partition coefficient (Wildman–Crippen LogP) is 4.30. The number of carbonyl (C=O) groups is 1. The summed E-state index contributed by atoms with van der Waals surface area (Å²) in [5.74, 6) is 0.0439. The van der Waals surface area contributed by atoms with Gasteiger partial charge in [0.05, 0.1) is 22.6 Å². The minimum atomic E-state index is -0.0512. The number of nitrogens with one attached hydrogen (secondary N) is 2. The molecule has 25 heavy (non-hydrogen) atoms. The van der Waals surface area contributed by atoms with E-state index in [1.54, 1.807) is 24.4 Å². The third-order valence-electron chi connectivity index (χ3n) is 3.80. The highest BCUT2D eigenvalue weighted by molar-refractivity contribution is 6.36. The van der Waals surface area contributed by atoms with Gasteiger partial charge in [0.2, 0.25) is 5.91 Å². The van der Waals surface area contributed by atoms with Crippen molar-refractivity contribution in [1.29, 1.82) is 0 Å².